The van der Waals surface area contributed by atoms with E-state index in [0.717, 1.165) is 32.3 Å². The van der Waals surface area contributed by atoms with Crippen LogP contribution in [0.5, 0.6) is 0 Å². The zero-order valence-electron chi connectivity index (χ0n) is 24.8. The van der Waals surface area contributed by atoms with Crippen molar-refractivity contribution in [3.63, 3.8) is 0 Å². The molecule has 0 unspecified atom stereocenters. The molecule has 0 N–H and O–H groups in total. The van der Waals surface area contributed by atoms with E-state index in [-0.39, 0.29) is 5.56 Å². The molecule has 0 bridgehead atoms. The molecule has 0 aliphatic carbocycles. The number of nitrogens with zero attached hydrogens (tertiary/aromatic N) is 3. The molecule has 4 heterocycles. The van der Waals surface area contributed by atoms with Gasteiger partial charge in [-0.2, -0.15) is 4.57 Å². The fraction of sp³-hybridized carbons (Fsp3) is 0.167. The van der Waals surface area contributed by atoms with Gasteiger partial charge in [-0.15, -0.1) is 22.7 Å². The van der Waals surface area contributed by atoms with E-state index in [2.05, 4.69) is 127 Å². The molecule has 7 rings (SSSR count). The van der Waals surface area contributed by atoms with Crippen LogP contribution in [0.1, 0.15) is 25.8 Å². The largest absolute Gasteiger partial charge is 0.335 e. The van der Waals surface area contributed by atoms with Gasteiger partial charge in [0.15, 0.2) is 0 Å². The third kappa shape index (κ3) is 5.09. The minimum absolute atomic E-state index is 0.0653. The number of aromatic nitrogens is 2. The van der Waals surface area contributed by atoms with Crippen LogP contribution >= 0.6 is 45.8 Å². The third-order valence-corrected chi connectivity index (χ3v) is 12.2. The number of benzene rings is 3. The van der Waals surface area contributed by atoms with Gasteiger partial charge in [0, 0.05) is 33.6 Å². The topological polar surface area (TPSA) is 29.1 Å². The second-order valence-electron chi connectivity index (χ2n) is 10.4. The number of hydrogen-bond acceptors (Lipinski definition) is 6. The molecule has 3 aromatic carbocycles. The van der Waals surface area contributed by atoms with Crippen molar-refractivity contribution in [1.29, 1.82) is 0 Å². The second-order valence-corrected chi connectivity index (χ2v) is 14.4. The quantitative estimate of drug-likeness (QED) is 0.164. The fourth-order valence-corrected chi connectivity index (χ4v) is 10.3. The first-order chi connectivity index (χ1) is 21.6. The Bertz CT molecular complexity index is 2190. The van der Waals surface area contributed by atoms with Gasteiger partial charge in [-0.3, -0.25) is 9.36 Å². The minimum Gasteiger partial charge on any atom is -0.335 e. The summed E-state index contributed by atoms with van der Waals surface area (Å²) in [7, 11) is 0. The van der Waals surface area contributed by atoms with E-state index >= 15 is 0 Å². The Morgan fingerprint density at radius 1 is 0.818 bits per heavy atom. The molecule has 6 aromatic rings. The minimum atomic E-state index is 0.0653. The maximum absolute atomic E-state index is 13.7. The Morgan fingerprint density at radius 2 is 1.57 bits per heavy atom. The van der Waals surface area contributed by atoms with E-state index in [9.17, 15) is 4.79 Å². The van der Waals surface area contributed by atoms with Gasteiger partial charge in [-0.25, -0.2) is 0 Å². The first kappa shape index (κ1) is 29.0. The number of allylic oxidation sites excluding steroid dienone is 1. The molecule has 4 nitrogen and oxygen atoms in total. The molecular formula is C36H32N3OS4+. The zero-order chi connectivity index (χ0) is 30.2. The summed E-state index contributed by atoms with van der Waals surface area (Å²) < 4.78 is 7.33. The Labute approximate surface area is 273 Å². The number of thiophene rings is 1. The van der Waals surface area contributed by atoms with Crippen molar-refractivity contribution in [2.24, 2.45) is 0 Å². The predicted molar refractivity (Wildman–Crippen MR) is 191 cm³/mol. The van der Waals surface area contributed by atoms with Gasteiger partial charge in [0.05, 0.1) is 21.3 Å². The van der Waals surface area contributed by atoms with E-state index in [1.807, 2.05) is 10.6 Å². The van der Waals surface area contributed by atoms with Gasteiger partial charge in [0.25, 0.3) is 10.6 Å². The first-order valence-corrected chi connectivity index (χ1v) is 18.2. The van der Waals surface area contributed by atoms with E-state index < -0.39 is 0 Å². The molecule has 0 fully saturated rings. The highest BCUT2D eigenvalue weighted by Gasteiger charge is 2.28. The molecule has 0 saturated carbocycles. The standard InChI is InChI=1S/C36H32N3OS4/c1-4-37-27-17-18-28-26(21-22-41-28)35(27)43-30(37)20-19-29-36(40)39(6-3)32(42-29)23-31-38(5-2)33(24-13-9-7-10-14-24)34(44-31)25-15-11-8-12-16-25/h7-23H,4-6H2,1-3H3/q+1. The molecule has 0 saturated heterocycles. The van der Waals surface area contributed by atoms with Crippen LogP contribution in [0.25, 0.3) is 43.9 Å². The monoisotopic (exact) mass is 650 g/mol. The molecule has 1 aliphatic heterocycles. The number of hydrogen-bond donors (Lipinski definition) is 0. The summed E-state index contributed by atoms with van der Waals surface area (Å²) in [6.45, 7) is 8.75. The molecule has 0 radical (unpaired) electrons. The smallest absolute Gasteiger partial charge is 0.269 e. The van der Waals surface area contributed by atoms with Crippen LogP contribution in [0.3, 0.4) is 0 Å². The predicted octanol–water partition coefficient (Wildman–Crippen LogP) is 7.93. The Kier molecular flexibility index (Phi) is 8.16. The molecule has 3 aromatic heterocycles. The van der Waals surface area contributed by atoms with Crippen molar-refractivity contribution in [3.05, 3.63) is 120 Å². The van der Waals surface area contributed by atoms with Crippen LogP contribution < -0.4 is 24.2 Å². The number of rotatable bonds is 7. The number of thiazole rings is 2. The van der Waals surface area contributed by atoms with Gasteiger partial charge in [0.1, 0.15) is 16.1 Å². The normalized spacial score (nSPS) is 14.8. The van der Waals surface area contributed by atoms with Crippen molar-refractivity contribution < 1.29 is 4.57 Å². The fourth-order valence-electron chi connectivity index (χ4n) is 5.79. The molecule has 0 spiro atoms. The molecule has 220 valence electrons. The SMILES string of the molecule is CCN1C(=CC=c2sc(=Cc3sc(-c4ccccc4)c(-c4ccccc4)[n+]3CC)n(CC)c2=O)Sc2c1ccc1sccc21. The van der Waals surface area contributed by atoms with Crippen molar-refractivity contribution in [1.82, 2.24) is 4.57 Å². The van der Waals surface area contributed by atoms with Gasteiger partial charge in [0.2, 0.25) is 5.69 Å². The molecule has 0 amide bonds. The maximum Gasteiger partial charge on any atom is 0.269 e. The Morgan fingerprint density at radius 3 is 2.27 bits per heavy atom. The van der Waals surface area contributed by atoms with E-state index in [0.29, 0.717) is 6.54 Å². The number of fused-ring (bicyclic) bond motifs is 3. The summed E-state index contributed by atoms with van der Waals surface area (Å²) in [5.41, 5.74) is 4.92. The summed E-state index contributed by atoms with van der Waals surface area (Å²) >= 11 is 6.94. The molecule has 1 aliphatic rings. The molecule has 0 atom stereocenters. The summed E-state index contributed by atoms with van der Waals surface area (Å²) in [6, 6.07) is 27.9. The van der Waals surface area contributed by atoms with E-state index in [1.165, 1.54) is 42.4 Å². The van der Waals surface area contributed by atoms with Gasteiger partial charge >= 0.3 is 0 Å². The maximum atomic E-state index is 13.7. The first-order valence-electron chi connectivity index (χ1n) is 14.9. The van der Waals surface area contributed by atoms with Crippen molar-refractivity contribution >= 4 is 73.7 Å². The highest BCUT2D eigenvalue weighted by atomic mass is 32.2. The second kappa shape index (κ2) is 12.4. The Balaban J connectivity index is 1.35. The highest BCUT2D eigenvalue weighted by Crippen LogP contribution is 2.50. The third-order valence-electron chi connectivity index (χ3n) is 7.88. The number of anilines is 1. The van der Waals surface area contributed by atoms with Gasteiger partial charge < -0.3 is 4.90 Å². The van der Waals surface area contributed by atoms with Crippen LogP contribution in [0.4, 0.5) is 5.69 Å². The molecule has 8 heteroatoms. The lowest BCUT2D eigenvalue weighted by molar-refractivity contribution is -0.679. The lowest BCUT2D eigenvalue weighted by Crippen LogP contribution is -2.36. The average molecular weight is 651 g/mol. The van der Waals surface area contributed by atoms with Crippen LogP contribution in [0, 0.1) is 0 Å². The Hall–Kier alpha value is -3.69. The summed E-state index contributed by atoms with van der Waals surface area (Å²) in [5.74, 6) is 0. The van der Waals surface area contributed by atoms with E-state index in [4.69, 9.17) is 0 Å². The van der Waals surface area contributed by atoms with Crippen molar-refractivity contribution in [2.75, 3.05) is 11.4 Å². The van der Waals surface area contributed by atoms with Crippen LogP contribution in [0.2, 0.25) is 0 Å². The van der Waals surface area contributed by atoms with Crippen LogP contribution in [-0.4, -0.2) is 11.1 Å². The highest BCUT2D eigenvalue weighted by molar-refractivity contribution is 8.04. The van der Waals surface area contributed by atoms with Crippen LogP contribution in [0.15, 0.2) is 105 Å². The van der Waals surface area contributed by atoms with Gasteiger partial charge in [-0.1, -0.05) is 71.6 Å². The average Bonchev–Trinajstić information content (AvgIpc) is 3.83. The zero-order valence-corrected chi connectivity index (χ0v) is 28.1. The summed E-state index contributed by atoms with van der Waals surface area (Å²) in [6.07, 6.45) is 6.35. The van der Waals surface area contributed by atoms with Crippen LogP contribution in [-0.2, 0) is 13.1 Å². The van der Waals surface area contributed by atoms with Gasteiger partial charge in [-0.05, 0) is 74.2 Å². The van der Waals surface area contributed by atoms with E-state index in [1.54, 1.807) is 45.8 Å². The lowest BCUT2D eigenvalue weighted by atomic mass is 10.1. The van der Waals surface area contributed by atoms with Crippen molar-refractivity contribution in [2.45, 2.75) is 38.8 Å². The summed E-state index contributed by atoms with van der Waals surface area (Å²) in [4.78, 5) is 18.6. The summed E-state index contributed by atoms with van der Waals surface area (Å²) in [5, 5.41) is 5.76. The molecule has 44 heavy (non-hydrogen) atoms. The number of thioether (sulfide) groups is 1. The van der Waals surface area contributed by atoms with Crippen molar-refractivity contribution in [3.8, 4) is 21.7 Å². The lowest BCUT2D eigenvalue weighted by Gasteiger charge is -2.17. The molecular weight excluding hydrogens is 619 g/mol.